The Morgan fingerprint density at radius 2 is 1.81 bits per heavy atom. The Balaban J connectivity index is 1.54. The highest BCUT2D eigenvalue weighted by molar-refractivity contribution is 5.95. The third kappa shape index (κ3) is 3.23. The highest BCUT2D eigenvalue weighted by atomic mass is 16.2. The van der Waals surface area contributed by atoms with Crippen molar-refractivity contribution in [2.75, 3.05) is 30.3 Å². The molecule has 6 heteroatoms. The minimum atomic E-state index is -0.0234. The van der Waals surface area contributed by atoms with E-state index in [0.717, 1.165) is 43.7 Å². The Morgan fingerprint density at radius 1 is 1.08 bits per heavy atom. The van der Waals surface area contributed by atoms with E-state index in [9.17, 15) is 4.79 Å². The van der Waals surface area contributed by atoms with E-state index in [1.54, 1.807) is 6.07 Å². The molecule has 0 radical (unpaired) electrons. The predicted octanol–water partition coefficient (Wildman–Crippen LogP) is 2.94. The molecule has 2 aromatic rings. The van der Waals surface area contributed by atoms with Crippen molar-refractivity contribution in [1.82, 2.24) is 14.9 Å². The zero-order valence-electron chi connectivity index (χ0n) is 15.2. The van der Waals surface area contributed by atoms with Gasteiger partial charge in [-0.1, -0.05) is 0 Å². The van der Waals surface area contributed by atoms with Gasteiger partial charge in [-0.05, 0) is 56.9 Å². The van der Waals surface area contributed by atoms with E-state index in [-0.39, 0.29) is 11.9 Å². The fourth-order valence-corrected chi connectivity index (χ4v) is 4.06. The number of rotatable bonds is 3. The van der Waals surface area contributed by atoms with Gasteiger partial charge in [-0.25, -0.2) is 9.97 Å². The van der Waals surface area contributed by atoms with Gasteiger partial charge in [-0.3, -0.25) is 4.79 Å². The summed E-state index contributed by atoms with van der Waals surface area (Å²) < 4.78 is 0. The van der Waals surface area contributed by atoms with Crippen LogP contribution in [0.4, 0.5) is 11.5 Å². The standard InChI is InChI=1S/C20H25N5O/c1-14-22-17(13-19(21)23-14)18-5-4-12-25(18)20(26)15-6-8-16(9-7-15)24-10-2-3-11-24/h6-9,13,18H,2-5,10-12H2,1H3,(H2,21,22,23). The van der Waals surface area contributed by atoms with Crippen LogP contribution in [0.3, 0.4) is 0 Å². The fraction of sp³-hybridized carbons (Fsp3) is 0.450. The molecule has 1 unspecified atom stereocenters. The lowest BCUT2D eigenvalue weighted by atomic mass is 10.1. The molecular formula is C20H25N5O. The van der Waals surface area contributed by atoms with Crippen LogP contribution in [0.2, 0.25) is 0 Å². The van der Waals surface area contributed by atoms with Crippen LogP contribution in [0.15, 0.2) is 30.3 Å². The van der Waals surface area contributed by atoms with Gasteiger partial charge >= 0.3 is 0 Å². The second kappa shape index (κ2) is 6.94. The molecule has 1 atom stereocenters. The average molecular weight is 351 g/mol. The highest BCUT2D eigenvalue weighted by Gasteiger charge is 2.32. The zero-order valence-corrected chi connectivity index (χ0v) is 15.2. The first-order valence-corrected chi connectivity index (χ1v) is 9.39. The first-order valence-electron chi connectivity index (χ1n) is 9.39. The molecule has 2 N–H and O–H groups in total. The van der Waals surface area contributed by atoms with E-state index in [2.05, 4.69) is 27.0 Å². The van der Waals surface area contributed by atoms with Crippen molar-refractivity contribution in [1.29, 1.82) is 0 Å². The van der Waals surface area contributed by atoms with Crippen molar-refractivity contribution < 1.29 is 4.79 Å². The van der Waals surface area contributed by atoms with Gasteiger partial charge in [0, 0.05) is 37.0 Å². The number of carbonyl (C=O) groups excluding carboxylic acids is 1. The molecule has 1 aromatic carbocycles. The van der Waals surface area contributed by atoms with Crippen LogP contribution in [0.25, 0.3) is 0 Å². The Bertz CT molecular complexity index is 778. The minimum Gasteiger partial charge on any atom is -0.384 e. The van der Waals surface area contributed by atoms with Gasteiger partial charge in [0.1, 0.15) is 11.6 Å². The van der Waals surface area contributed by atoms with Crippen LogP contribution in [0.5, 0.6) is 0 Å². The number of aromatic nitrogens is 2. The fourth-order valence-electron chi connectivity index (χ4n) is 4.06. The molecule has 26 heavy (non-hydrogen) atoms. The van der Waals surface area contributed by atoms with Crippen LogP contribution in [0.1, 0.15) is 53.6 Å². The van der Waals surface area contributed by atoms with Crippen LogP contribution in [-0.2, 0) is 0 Å². The molecule has 2 fully saturated rings. The molecule has 136 valence electrons. The summed E-state index contributed by atoms with van der Waals surface area (Å²) in [6.07, 6.45) is 4.38. The van der Waals surface area contributed by atoms with Crippen molar-refractivity contribution >= 4 is 17.4 Å². The Morgan fingerprint density at radius 3 is 2.50 bits per heavy atom. The molecule has 1 amide bonds. The number of aryl methyl sites for hydroxylation is 1. The molecule has 1 aromatic heterocycles. The molecule has 0 aliphatic carbocycles. The molecule has 6 nitrogen and oxygen atoms in total. The second-order valence-corrected chi connectivity index (χ2v) is 7.16. The maximum Gasteiger partial charge on any atom is 0.254 e. The lowest BCUT2D eigenvalue weighted by molar-refractivity contribution is 0.0732. The van der Waals surface area contributed by atoms with Crippen molar-refractivity contribution in [3.05, 3.63) is 47.4 Å². The highest BCUT2D eigenvalue weighted by Crippen LogP contribution is 2.33. The second-order valence-electron chi connectivity index (χ2n) is 7.16. The summed E-state index contributed by atoms with van der Waals surface area (Å²) in [5, 5.41) is 0. The summed E-state index contributed by atoms with van der Waals surface area (Å²) in [7, 11) is 0. The summed E-state index contributed by atoms with van der Waals surface area (Å²) in [6.45, 7) is 4.80. The molecule has 4 rings (SSSR count). The number of benzene rings is 1. The van der Waals surface area contributed by atoms with Crippen LogP contribution in [0, 0.1) is 6.92 Å². The van der Waals surface area contributed by atoms with E-state index in [1.807, 2.05) is 24.0 Å². The molecule has 2 saturated heterocycles. The molecular weight excluding hydrogens is 326 g/mol. The summed E-state index contributed by atoms with van der Waals surface area (Å²) in [6, 6.07) is 9.80. The van der Waals surface area contributed by atoms with E-state index < -0.39 is 0 Å². The quantitative estimate of drug-likeness (QED) is 0.920. The van der Waals surface area contributed by atoms with Gasteiger partial charge in [0.25, 0.3) is 5.91 Å². The van der Waals surface area contributed by atoms with Crippen molar-refractivity contribution in [2.45, 2.75) is 38.6 Å². The number of nitrogens with zero attached hydrogens (tertiary/aromatic N) is 4. The SMILES string of the molecule is Cc1nc(N)cc(C2CCCN2C(=O)c2ccc(N3CCCC3)cc2)n1. The molecule has 0 saturated carbocycles. The number of hydrogen-bond donors (Lipinski definition) is 1. The molecule has 3 heterocycles. The molecule has 0 bridgehead atoms. The molecule has 2 aliphatic rings. The van der Waals surface area contributed by atoms with E-state index in [4.69, 9.17) is 5.73 Å². The van der Waals surface area contributed by atoms with Crippen LogP contribution < -0.4 is 10.6 Å². The average Bonchev–Trinajstić information content (AvgIpc) is 3.32. The zero-order chi connectivity index (χ0) is 18.1. The van der Waals surface area contributed by atoms with Crippen LogP contribution >= 0.6 is 0 Å². The number of likely N-dealkylation sites (tertiary alicyclic amines) is 1. The van der Waals surface area contributed by atoms with Crippen molar-refractivity contribution in [3.63, 3.8) is 0 Å². The third-order valence-electron chi connectivity index (χ3n) is 5.32. The molecule has 2 aliphatic heterocycles. The topological polar surface area (TPSA) is 75.3 Å². The summed E-state index contributed by atoms with van der Waals surface area (Å²) in [4.78, 5) is 26.0. The number of hydrogen-bond acceptors (Lipinski definition) is 5. The van der Waals surface area contributed by atoms with Gasteiger partial charge in [-0.2, -0.15) is 0 Å². The summed E-state index contributed by atoms with van der Waals surface area (Å²) >= 11 is 0. The minimum absolute atomic E-state index is 0.0234. The van der Waals surface area contributed by atoms with Gasteiger partial charge in [0.15, 0.2) is 0 Å². The monoisotopic (exact) mass is 351 g/mol. The lowest BCUT2D eigenvalue weighted by Crippen LogP contribution is -2.31. The number of anilines is 2. The summed E-state index contributed by atoms with van der Waals surface area (Å²) in [5.41, 5.74) is 8.66. The maximum absolute atomic E-state index is 13.1. The van der Waals surface area contributed by atoms with Crippen molar-refractivity contribution in [3.8, 4) is 0 Å². The number of carbonyl (C=O) groups is 1. The lowest BCUT2D eigenvalue weighted by Gasteiger charge is -2.25. The van der Waals surface area contributed by atoms with Crippen molar-refractivity contribution in [2.24, 2.45) is 0 Å². The first-order chi connectivity index (χ1) is 12.6. The van der Waals surface area contributed by atoms with E-state index in [1.165, 1.54) is 18.5 Å². The van der Waals surface area contributed by atoms with Crippen LogP contribution in [-0.4, -0.2) is 40.4 Å². The smallest absolute Gasteiger partial charge is 0.254 e. The van der Waals surface area contributed by atoms with Gasteiger partial charge < -0.3 is 15.5 Å². The van der Waals surface area contributed by atoms with E-state index in [0.29, 0.717) is 11.6 Å². The predicted molar refractivity (Wildman–Crippen MR) is 102 cm³/mol. The van der Waals surface area contributed by atoms with E-state index >= 15 is 0 Å². The largest absolute Gasteiger partial charge is 0.384 e. The van der Waals surface area contributed by atoms with Gasteiger partial charge in [0.05, 0.1) is 11.7 Å². The maximum atomic E-state index is 13.1. The Hall–Kier alpha value is -2.63. The first kappa shape index (κ1) is 16.8. The van der Waals surface area contributed by atoms with Gasteiger partial charge in [0.2, 0.25) is 0 Å². The Kier molecular flexibility index (Phi) is 4.49. The normalized spacial score (nSPS) is 20.0. The third-order valence-corrected chi connectivity index (χ3v) is 5.32. The molecule has 0 spiro atoms. The number of amides is 1. The Labute approximate surface area is 154 Å². The number of nitrogens with two attached hydrogens (primary N) is 1. The summed E-state index contributed by atoms with van der Waals surface area (Å²) in [5.74, 6) is 1.17. The van der Waals surface area contributed by atoms with Gasteiger partial charge in [-0.15, -0.1) is 0 Å². The number of nitrogen functional groups attached to an aromatic ring is 1.